The molecule has 1 aliphatic carbocycles. The van der Waals surface area contributed by atoms with Crippen LogP contribution in [-0.4, -0.2) is 19.2 Å². The van der Waals surface area contributed by atoms with E-state index in [-0.39, 0.29) is 5.41 Å². The fraction of sp³-hybridized carbons (Fsp3) is 0.571. The van der Waals surface area contributed by atoms with Gasteiger partial charge in [-0.2, -0.15) is 0 Å². The molecule has 1 N–H and O–H groups in total. The van der Waals surface area contributed by atoms with Crippen LogP contribution in [0.3, 0.4) is 0 Å². The molecule has 0 heterocycles. The number of ether oxygens (including phenoxy) is 1. The molecular weight excluding hydrogens is 325 g/mol. The second kappa shape index (κ2) is 5.14. The van der Waals surface area contributed by atoms with Gasteiger partial charge in [-0.25, -0.2) is 0 Å². The highest BCUT2D eigenvalue weighted by molar-refractivity contribution is 14.1. The van der Waals surface area contributed by atoms with E-state index in [0.717, 1.165) is 18.6 Å². The van der Waals surface area contributed by atoms with Crippen molar-refractivity contribution < 1.29 is 4.74 Å². The van der Waals surface area contributed by atoms with Gasteiger partial charge in [0.2, 0.25) is 0 Å². The summed E-state index contributed by atoms with van der Waals surface area (Å²) >= 11 is 2.32. The van der Waals surface area contributed by atoms with Gasteiger partial charge in [0, 0.05) is 21.4 Å². The maximum absolute atomic E-state index is 6.12. The summed E-state index contributed by atoms with van der Waals surface area (Å²) in [5, 5.41) is 3.39. The molecule has 94 valence electrons. The predicted octanol–water partition coefficient (Wildman–Crippen LogP) is 3.45. The Bertz CT molecular complexity index is 396. The Balaban J connectivity index is 2.06. The fourth-order valence-corrected chi connectivity index (χ4v) is 3.14. The molecule has 1 aromatic carbocycles. The van der Waals surface area contributed by atoms with Crippen LogP contribution in [0.25, 0.3) is 0 Å². The van der Waals surface area contributed by atoms with Gasteiger partial charge in [0.25, 0.3) is 0 Å². The predicted molar refractivity (Wildman–Crippen MR) is 79.4 cm³/mol. The van der Waals surface area contributed by atoms with Crippen molar-refractivity contribution in [1.82, 2.24) is 5.32 Å². The highest BCUT2D eigenvalue weighted by atomic mass is 127. The van der Waals surface area contributed by atoms with Crippen molar-refractivity contribution in [2.45, 2.75) is 38.8 Å². The van der Waals surface area contributed by atoms with Gasteiger partial charge in [-0.05, 0) is 54.3 Å². The van der Waals surface area contributed by atoms with E-state index >= 15 is 0 Å². The largest absolute Gasteiger partial charge is 0.490 e. The van der Waals surface area contributed by atoms with Crippen molar-refractivity contribution in [1.29, 1.82) is 0 Å². The van der Waals surface area contributed by atoms with Crippen LogP contribution >= 0.6 is 22.6 Å². The zero-order valence-corrected chi connectivity index (χ0v) is 12.8. The molecule has 2 rings (SSSR count). The van der Waals surface area contributed by atoms with E-state index in [4.69, 9.17) is 4.74 Å². The van der Waals surface area contributed by atoms with E-state index in [0.29, 0.717) is 12.1 Å². The summed E-state index contributed by atoms with van der Waals surface area (Å²) in [5.74, 6) is 0.996. The number of benzene rings is 1. The highest BCUT2D eigenvalue weighted by Crippen LogP contribution is 2.45. The van der Waals surface area contributed by atoms with Crippen LogP contribution in [0.15, 0.2) is 24.3 Å². The molecule has 0 amide bonds. The second-order valence-corrected chi connectivity index (χ2v) is 6.25. The second-order valence-electron chi connectivity index (χ2n) is 5.00. The number of hydrogen-bond donors (Lipinski definition) is 1. The summed E-state index contributed by atoms with van der Waals surface area (Å²) < 4.78 is 7.35. The third-order valence-electron chi connectivity index (χ3n) is 4.17. The molecule has 1 saturated carbocycles. The van der Waals surface area contributed by atoms with Gasteiger partial charge in [0.1, 0.15) is 11.9 Å². The van der Waals surface area contributed by atoms with Gasteiger partial charge in [-0.3, -0.25) is 0 Å². The molecule has 3 atom stereocenters. The quantitative estimate of drug-likeness (QED) is 0.844. The lowest BCUT2D eigenvalue weighted by atomic mass is 9.61. The minimum atomic E-state index is 0.260. The first-order chi connectivity index (χ1) is 8.10. The van der Waals surface area contributed by atoms with Crippen molar-refractivity contribution in [2.75, 3.05) is 7.05 Å². The van der Waals surface area contributed by atoms with Crippen LogP contribution in [0.2, 0.25) is 0 Å². The Hall–Kier alpha value is -0.290. The van der Waals surface area contributed by atoms with E-state index < -0.39 is 0 Å². The molecule has 1 aromatic rings. The van der Waals surface area contributed by atoms with E-state index in [9.17, 15) is 0 Å². The lowest BCUT2D eigenvalue weighted by Gasteiger charge is -2.53. The van der Waals surface area contributed by atoms with Crippen molar-refractivity contribution >= 4 is 22.6 Å². The molecule has 3 heteroatoms. The molecule has 0 spiro atoms. The monoisotopic (exact) mass is 345 g/mol. The zero-order chi connectivity index (χ0) is 12.5. The maximum atomic E-state index is 6.12. The van der Waals surface area contributed by atoms with E-state index in [1.54, 1.807) is 0 Å². The van der Waals surface area contributed by atoms with Crippen molar-refractivity contribution in [3.05, 3.63) is 27.8 Å². The van der Waals surface area contributed by atoms with Crippen molar-refractivity contribution in [3.8, 4) is 5.75 Å². The fourth-order valence-electron chi connectivity index (χ4n) is 2.63. The van der Waals surface area contributed by atoms with Gasteiger partial charge in [0.15, 0.2) is 0 Å². The molecule has 0 aromatic heterocycles. The van der Waals surface area contributed by atoms with Crippen LogP contribution in [0.4, 0.5) is 0 Å². The molecule has 17 heavy (non-hydrogen) atoms. The first-order valence-corrected chi connectivity index (χ1v) is 7.27. The first-order valence-electron chi connectivity index (χ1n) is 6.19. The number of nitrogens with one attached hydrogen (secondary N) is 1. The normalized spacial score (nSPS) is 32.0. The zero-order valence-electron chi connectivity index (χ0n) is 10.7. The maximum Gasteiger partial charge on any atom is 0.120 e. The molecule has 0 aliphatic heterocycles. The minimum absolute atomic E-state index is 0.260. The van der Waals surface area contributed by atoms with E-state index in [1.807, 2.05) is 13.1 Å². The van der Waals surface area contributed by atoms with Crippen LogP contribution < -0.4 is 10.1 Å². The first kappa shape index (κ1) is 13.1. The van der Waals surface area contributed by atoms with E-state index in [1.165, 1.54) is 3.57 Å². The smallest absolute Gasteiger partial charge is 0.120 e. The standard InChI is InChI=1S/C14H20INO/c1-4-14(2)12(16-3)9-13(14)17-11-7-5-6-10(15)8-11/h5-8,12-13,16H,4,9H2,1-3H3. The summed E-state index contributed by atoms with van der Waals surface area (Å²) in [7, 11) is 2.04. The Labute approximate surface area is 117 Å². The Kier molecular flexibility index (Phi) is 3.98. The number of rotatable bonds is 4. The van der Waals surface area contributed by atoms with Gasteiger partial charge in [0.05, 0.1) is 0 Å². The summed E-state index contributed by atoms with van der Waals surface area (Å²) in [6.45, 7) is 4.56. The van der Waals surface area contributed by atoms with Crippen molar-refractivity contribution in [3.63, 3.8) is 0 Å². The lowest BCUT2D eigenvalue weighted by molar-refractivity contribution is -0.0677. The van der Waals surface area contributed by atoms with Crippen LogP contribution in [0.5, 0.6) is 5.75 Å². The molecule has 1 aliphatic rings. The highest BCUT2D eigenvalue weighted by Gasteiger charge is 2.51. The topological polar surface area (TPSA) is 21.3 Å². The van der Waals surface area contributed by atoms with Gasteiger partial charge in [-0.15, -0.1) is 0 Å². The summed E-state index contributed by atoms with van der Waals surface area (Å²) in [6.07, 6.45) is 2.59. The molecule has 0 saturated heterocycles. The summed E-state index contributed by atoms with van der Waals surface area (Å²) in [5.41, 5.74) is 0.260. The van der Waals surface area contributed by atoms with Gasteiger partial charge in [-0.1, -0.05) is 19.9 Å². The SMILES string of the molecule is CCC1(C)C(NC)CC1Oc1cccc(I)c1. The van der Waals surface area contributed by atoms with Crippen molar-refractivity contribution in [2.24, 2.45) is 5.41 Å². The van der Waals surface area contributed by atoms with Gasteiger partial charge >= 0.3 is 0 Å². The minimum Gasteiger partial charge on any atom is -0.490 e. The van der Waals surface area contributed by atoms with E-state index in [2.05, 4.69) is 60.0 Å². The molecule has 3 unspecified atom stereocenters. The Morgan fingerprint density at radius 2 is 2.29 bits per heavy atom. The lowest BCUT2D eigenvalue weighted by Crippen LogP contribution is -2.62. The molecule has 0 radical (unpaired) electrons. The number of hydrogen-bond acceptors (Lipinski definition) is 2. The summed E-state index contributed by atoms with van der Waals surface area (Å²) in [6, 6.07) is 8.87. The molecule has 1 fully saturated rings. The van der Waals surface area contributed by atoms with Crippen LogP contribution in [0, 0.1) is 8.99 Å². The summed E-state index contributed by atoms with van der Waals surface area (Å²) in [4.78, 5) is 0. The average molecular weight is 345 g/mol. The third-order valence-corrected chi connectivity index (χ3v) is 4.84. The molecule has 0 bridgehead atoms. The Morgan fingerprint density at radius 3 is 2.88 bits per heavy atom. The molecular formula is C14H20INO. The van der Waals surface area contributed by atoms with Crippen LogP contribution in [-0.2, 0) is 0 Å². The van der Waals surface area contributed by atoms with Crippen LogP contribution in [0.1, 0.15) is 26.7 Å². The Morgan fingerprint density at radius 1 is 1.53 bits per heavy atom. The van der Waals surface area contributed by atoms with Gasteiger partial charge < -0.3 is 10.1 Å². The average Bonchev–Trinajstić information content (AvgIpc) is 2.33. The molecule has 2 nitrogen and oxygen atoms in total. The number of halogens is 1. The third kappa shape index (κ3) is 2.45.